The van der Waals surface area contributed by atoms with Crippen LogP contribution in [0.15, 0.2) is 12.7 Å². The maximum absolute atomic E-state index is 11.5. The summed E-state index contributed by atoms with van der Waals surface area (Å²) in [5.74, 6) is -0.566. The van der Waals surface area contributed by atoms with Gasteiger partial charge in [0.1, 0.15) is 12.0 Å². The van der Waals surface area contributed by atoms with Crippen LogP contribution in [-0.4, -0.2) is 36.0 Å². The third kappa shape index (κ3) is 3.12. The maximum atomic E-state index is 11.5. The molecular weight excluding hydrogens is 184 g/mol. The summed E-state index contributed by atoms with van der Waals surface area (Å²) in [6.07, 6.45) is 2.56. The smallest absolute Gasteiger partial charge is 0.317 e. The van der Waals surface area contributed by atoms with Crippen LogP contribution in [-0.2, 0) is 9.53 Å². The van der Waals surface area contributed by atoms with E-state index in [9.17, 15) is 4.79 Å². The minimum Gasteiger partial charge on any atom is -0.461 e. The average molecular weight is 202 g/mol. The molecule has 0 rings (SSSR count). The summed E-state index contributed by atoms with van der Waals surface area (Å²) in [5, 5.41) is 18.2. The lowest BCUT2D eigenvalue weighted by molar-refractivity contribution is -0.161. The first kappa shape index (κ1) is 13.1. The first-order chi connectivity index (χ1) is 6.66. The minimum atomic E-state index is -1.15. The monoisotopic (exact) mass is 202 g/mol. The van der Waals surface area contributed by atoms with E-state index < -0.39 is 24.6 Å². The van der Waals surface area contributed by atoms with Gasteiger partial charge in [-0.15, -0.1) is 0 Å². The molecule has 0 atom stereocenters. The topological polar surface area (TPSA) is 66.8 Å². The average Bonchev–Trinajstić information content (AvgIpc) is 2.22. The van der Waals surface area contributed by atoms with Gasteiger partial charge >= 0.3 is 5.97 Å². The molecule has 0 bridgehead atoms. The second-order valence-corrected chi connectivity index (χ2v) is 3.23. The molecule has 2 N–H and O–H groups in total. The standard InChI is InChI=1S/C10H18O4/c1-3-5-10(7-11,8-12)9(13)14-6-4-2/h4,11-12H,2-3,5-8H2,1H3. The van der Waals surface area contributed by atoms with Crippen molar-refractivity contribution in [2.75, 3.05) is 19.8 Å². The Morgan fingerprint density at radius 2 is 2.07 bits per heavy atom. The number of aliphatic hydroxyl groups excluding tert-OH is 2. The molecule has 0 saturated carbocycles. The van der Waals surface area contributed by atoms with Crippen molar-refractivity contribution in [3.8, 4) is 0 Å². The molecule has 4 nitrogen and oxygen atoms in total. The Bertz CT molecular complexity index is 185. The Labute approximate surface area is 84.2 Å². The largest absolute Gasteiger partial charge is 0.461 e. The molecule has 0 spiro atoms. The van der Waals surface area contributed by atoms with E-state index in [1.807, 2.05) is 6.92 Å². The number of aliphatic hydroxyl groups is 2. The highest BCUT2D eigenvalue weighted by Gasteiger charge is 2.37. The first-order valence-electron chi connectivity index (χ1n) is 4.66. The van der Waals surface area contributed by atoms with Crippen LogP contribution < -0.4 is 0 Å². The molecule has 0 aromatic heterocycles. The van der Waals surface area contributed by atoms with Crippen molar-refractivity contribution in [2.24, 2.45) is 5.41 Å². The number of esters is 1. The number of hydrogen-bond acceptors (Lipinski definition) is 4. The van der Waals surface area contributed by atoms with E-state index in [0.717, 1.165) is 0 Å². The molecule has 0 amide bonds. The highest BCUT2D eigenvalue weighted by atomic mass is 16.5. The van der Waals surface area contributed by atoms with Gasteiger partial charge in [-0.05, 0) is 6.42 Å². The lowest BCUT2D eigenvalue weighted by atomic mass is 9.85. The SMILES string of the molecule is C=CCOC(=O)C(CO)(CO)CCC. The minimum absolute atomic E-state index is 0.101. The quantitative estimate of drug-likeness (QED) is 0.465. The number of ether oxygens (including phenoxy) is 1. The summed E-state index contributed by atoms with van der Waals surface area (Å²) in [4.78, 5) is 11.5. The fourth-order valence-electron chi connectivity index (χ4n) is 1.21. The van der Waals surface area contributed by atoms with Crippen LogP contribution in [0.5, 0.6) is 0 Å². The highest BCUT2D eigenvalue weighted by molar-refractivity contribution is 5.77. The van der Waals surface area contributed by atoms with Gasteiger partial charge in [-0.2, -0.15) is 0 Å². The predicted octanol–water partition coefficient (Wildman–Crippen LogP) is 0.487. The normalized spacial score (nSPS) is 11.1. The van der Waals surface area contributed by atoms with Crippen molar-refractivity contribution in [3.63, 3.8) is 0 Å². The molecule has 4 heteroatoms. The Hall–Kier alpha value is -0.870. The summed E-state index contributed by atoms with van der Waals surface area (Å²) in [7, 11) is 0. The Balaban J connectivity index is 4.44. The molecule has 0 aliphatic carbocycles. The molecule has 0 aromatic carbocycles. The van der Waals surface area contributed by atoms with Gasteiger partial charge in [-0.1, -0.05) is 26.0 Å². The van der Waals surface area contributed by atoms with Crippen molar-refractivity contribution in [1.82, 2.24) is 0 Å². The number of carbonyl (C=O) groups is 1. The number of rotatable bonds is 7. The molecule has 0 aliphatic heterocycles. The molecule has 0 saturated heterocycles. The molecule has 0 aromatic rings. The van der Waals surface area contributed by atoms with Crippen LogP contribution in [0.1, 0.15) is 19.8 Å². The fraction of sp³-hybridized carbons (Fsp3) is 0.700. The highest BCUT2D eigenvalue weighted by Crippen LogP contribution is 2.24. The second-order valence-electron chi connectivity index (χ2n) is 3.23. The van der Waals surface area contributed by atoms with E-state index in [4.69, 9.17) is 14.9 Å². The van der Waals surface area contributed by atoms with Crippen molar-refractivity contribution in [2.45, 2.75) is 19.8 Å². The van der Waals surface area contributed by atoms with Gasteiger partial charge in [0.15, 0.2) is 0 Å². The van der Waals surface area contributed by atoms with Crippen LogP contribution in [0.3, 0.4) is 0 Å². The Morgan fingerprint density at radius 3 is 2.43 bits per heavy atom. The summed E-state index contributed by atoms with van der Waals surface area (Å²) < 4.78 is 4.81. The summed E-state index contributed by atoms with van der Waals surface area (Å²) in [5.41, 5.74) is -1.15. The molecule has 0 radical (unpaired) electrons. The van der Waals surface area contributed by atoms with E-state index in [0.29, 0.717) is 12.8 Å². The van der Waals surface area contributed by atoms with Gasteiger partial charge in [0.2, 0.25) is 0 Å². The maximum Gasteiger partial charge on any atom is 0.317 e. The van der Waals surface area contributed by atoms with E-state index in [1.54, 1.807) is 0 Å². The predicted molar refractivity (Wildman–Crippen MR) is 52.7 cm³/mol. The van der Waals surface area contributed by atoms with Gasteiger partial charge in [-0.25, -0.2) is 0 Å². The summed E-state index contributed by atoms with van der Waals surface area (Å²) in [6.45, 7) is 4.60. The zero-order chi connectivity index (χ0) is 11.0. The molecular formula is C10H18O4. The first-order valence-corrected chi connectivity index (χ1v) is 4.66. The second kappa shape index (κ2) is 6.56. The van der Waals surface area contributed by atoms with E-state index in [-0.39, 0.29) is 6.61 Å². The molecule has 82 valence electrons. The van der Waals surface area contributed by atoms with Crippen LogP contribution >= 0.6 is 0 Å². The van der Waals surface area contributed by atoms with Crippen molar-refractivity contribution < 1.29 is 19.7 Å². The van der Waals surface area contributed by atoms with Gasteiger partial charge in [0.05, 0.1) is 13.2 Å². The Morgan fingerprint density at radius 1 is 1.50 bits per heavy atom. The van der Waals surface area contributed by atoms with Gasteiger partial charge in [-0.3, -0.25) is 4.79 Å². The molecule has 0 heterocycles. The van der Waals surface area contributed by atoms with E-state index in [1.165, 1.54) is 6.08 Å². The Kier molecular flexibility index (Phi) is 6.16. The number of hydrogen-bond donors (Lipinski definition) is 2. The van der Waals surface area contributed by atoms with Crippen molar-refractivity contribution >= 4 is 5.97 Å². The zero-order valence-electron chi connectivity index (χ0n) is 8.53. The zero-order valence-corrected chi connectivity index (χ0v) is 8.53. The van der Waals surface area contributed by atoms with Crippen LogP contribution in [0.25, 0.3) is 0 Å². The molecule has 0 fully saturated rings. The lowest BCUT2D eigenvalue weighted by Crippen LogP contribution is -2.40. The van der Waals surface area contributed by atoms with Gasteiger partial charge in [0, 0.05) is 0 Å². The van der Waals surface area contributed by atoms with Gasteiger partial charge < -0.3 is 14.9 Å². The summed E-state index contributed by atoms with van der Waals surface area (Å²) >= 11 is 0. The van der Waals surface area contributed by atoms with E-state index >= 15 is 0 Å². The van der Waals surface area contributed by atoms with Crippen molar-refractivity contribution in [3.05, 3.63) is 12.7 Å². The fourth-order valence-corrected chi connectivity index (χ4v) is 1.21. The molecule has 14 heavy (non-hydrogen) atoms. The third-order valence-electron chi connectivity index (χ3n) is 2.10. The van der Waals surface area contributed by atoms with E-state index in [2.05, 4.69) is 6.58 Å². The van der Waals surface area contributed by atoms with Crippen LogP contribution in [0, 0.1) is 5.41 Å². The lowest BCUT2D eigenvalue weighted by Gasteiger charge is -2.26. The molecule has 0 unspecified atom stereocenters. The summed E-state index contributed by atoms with van der Waals surface area (Å²) in [6, 6.07) is 0. The third-order valence-corrected chi connectivity index (χ3v) is 2.10. The molecule has 0 aliphatic rings. The van der Waals surface area contributed by atoms with Gasteiger partial charge in [0.25, 0.3) is 0 Å². The van der Waals surface area contributed by atoms with Crippen LogP contribution in [0.2, 0.25) is 0 Å². The van der Waals surface area contributed by atoms with Crippen molar-refractivity contribution in [1.29, 1.82) is 0 Å². The van der Waals surface area contributed by atoms with Crippen LogP contribution in [0.4, 0.5) is 0 Å². The number of carbonyl (C=O) groups excluding carboxylic acids is 1.